The predicted molar refractivity (Wildman–Crippen MR) is 108 cm³/mol. The number of carbonyl (C=O) groups is 1. The van der Waals surface area contributed by atoms with E-state index in [9.17, 15) is 13.2 Å². The standard InChI is InChI=1S/C21H28N2O3S/c1-4-5-14-22-21(24)19-12-9-13-20(15-19)27(25,26)23(17(2)3)16-18-10-7-6-8-11-18/h6-13,15,17H,4-5,14,16H2,1-3H3,(H,22,24). The first-order chi connectivity index (χ1) is 12.9. The maximum absolute atomic E-state index is 13.2. The Labute approximate surface area is 162 Å². The van der Waals surface area contributed by atoms with Gasteiger partial charge in [0.15, 0.2) is 0 Å². The molecule has 0 aliphatic heterocycles. The van der Waals surface area contributed by atoms with E-state index in [1.165, 1.54) is 10.4 Å². The molecule has 0 saturated heterocycles. The Hall–Kier alpha value is -2.18. The first kappa shape index (κ1) is 21.1. The summed E-state index contributed by atoms with van der Waals surface area (Å²) >= 11 is 0. The van der Waals surface area contributed by atoms with Gasteiger partial charge in [-0.3, -0.25) is 4.79 Å². The Kier molecular flexibility index (Phi) is 7.56. The third-order valence-electron chi connectivity index (χ3n) is 4.28. The fraction of sp³-hybridized carbons (Fsp3) is 0.381. The van der Waals surface area contributed by atoms with Crippen LogP contribution >= 0.6 is 0 Å². The Bertz CT molecular complexity index is 849. The molecule has 0 aromatic heterocycles. The number of nitrogens with one attached hydrogen (secondary N) is 1. The van der Waals surface area contributed by atoms with Gasteiger partial charge in [0.05, 0.1) is 4.90 Å². The molecule has 0 aliphatic carbocycles. The highest BCUT2D eigenvalue weighted by atomic mass is 32.2. The molecule has 0 spiro atoms. The molecule has 2 aromatic rings. The van der Waals surface area contributed by atoms with Gasteiger partial charge in [-0.2, -0.15) is 4.31 Å². The summed E-state index contributed by atoms with van der Waals surface area (Å²) in [6, 6.07) is 15.5. The van der Waals surface area contributed by atoms with Crippen LogP contribution in [0, 0.1) is 0 Å². The van der Waals surface area contributed by atoms with Crippen LogP contribution in [0.1, 0.15) is 49.5 Å². The molecule has 0 aliphatic rings. The van der Waals surface area contributed by atoms with E-state index in [1.807, 2.05) is 51.1 Å². The molecule has 0 bridgehead atoms. The van der Waals surface area contributed by atoms with Gasteiger partial charge in [-0.15, -0.1) is 0 Å². The molecule has 0 saturated carbocycles. The molecule has 0 unspecified atom stereocenters. The monoisotopic (exact) mass is 388 g/mol. The lowest BCUT2D eigenvalue weighted by Gasteiger charge is -2.26. The summed E-state index contributed by atoms with van der Waals surface area (Å²) in [6.07, 6.45) is 1.87. The van der Waals surface area contributed by atoms with E-state index in [0.29, 0.717) is 12.1 Å². The van der Waals surface area contributed by atoms with Crippen molar-refractivity contribution in [1.29, 1.82) is 0 Å². The van der Waals surface area contributed by atoms with Crippen molar-refractivity contribution in [2.45, 2.75) is 51.1 Å². The van der Waals surface area contributed by atoms with Crippen molar-refractivity contribution in [2.24, 2.45) is 0 Å². The number of nitrogens with zero attached hydrogens (tertiary/aromatic N) is 1. The minimum Gasteiger partial charge on any atom is -0.352 e. The lowest BCUT2D eigenvalue weighted by atomic mass is 10.2. The fourth-order valence-electron chi connectivity index (χ4n) is 2.72. The molecular formula is C21H28N2O3S. The van der Waals surface area contributed by atoms with Crippen LogP contribution in [0.25, 0.3) is 0 Å². The molecule has 0 heterocycles. The second-order valence-corrected chi connectivity index (χ2v) is 8.66. The normalized spacial score (nSPS) is 11.7. The molecule has 1 N–H and O–H groups in total. The van der Waals surface area contributed by atoms with Gasteiger partial charge in [-0.1, -0.05) is 49.7 Å². The summed E-state index contributed by atoms with van der Waals surface area (Å²) in [5, 5.41) is 2.82. The van der Waals surface area contributed by atoms with Crippen LogP contribution in [0.15, 0.2) is 59.5 Å². The number of sulfonamides is 1. The highest BCUT2D eigenvalue weighted by Crippen LogP contribution is 2.22. The van der Waals surface area contributed by atoms with E-state index in [-0.39, 0.29) is 23.4 Å². The Balaban J connectivity index is 2.27. The molecule has 27 heavy (non-hydrogen) atoms. The van der Waals surface area contributed by atoms with E-state index < -0.39 is 10.0 Å². The van der Waals surface area contributed by atoms with E-state index in [1.54, 1.807) is 18.2 Å². The summed E-state index contributed by atoms with van der Waals surface area (Å²) in [4.78, 5) is 12.4. The second kappa shape index (κ2) is 9.67. The van der Waals surface area contributed by atoms with Gasteiger partial charge in [0.1, 0.15) is 0 Å². The van der Waals surface area contributed by atoms with Crippen LogP contribution in [-0.2, 0) is 16.6 Å². The first-order valence-electron chi connectivity index (χ1n) is 9.30. The third kappa shape index (κ3) is 5.65. The minimum atomic E-state index is -3.73. The van der Waals surface area contributed by atoms with Crippen LogP contribution in [0.5, 0.6) is 0 Å². The maximum Gasteiger partial charge on any atom is 0.251 e. The molecular weight excluding hydrogens is 360 g/mol. The van der Waals surface area contributed by atoms with Crippen molar-refractivity contribution >= 4 is 15.9 Å². The first-order valence-corrected chi connectivity index (χ1v) is 10.7. The fourth-order valence-corrected chi connectivity index (χ4v) is 4.39. The van der Waals surface area contributed by atoms with E-state index in [2.05, 4.69) is 5.32 Å². The number of rotatable bonds is 9. The lowest BCUT2D eigenvalue weighted by molar-refractivity contribution is 0.0953. The average molecular weight is 389 g/mol. The van der Waals surface area contributed by atoms with Crippen LogP contribution in [0.2, 0.25) is 0 Å². The van der Waals surface area contributed by atoms with Gasteiger partial charge in [0.2, 0.25) is 10.0 Å². The molecule has 146 valence electrons. The van der Waals surface area contributed by atoms with Crippen molar-refractivity contribution in [3.8, 4) is 0 Å². The van der Waals surface area contributed by atoms with E-state index in [4.69, 9.17) is 0 Å². The minimum absolute atomic E-state index is 0.135. The Morgan fingerprint density at radius 3 is 2.41 bits per heavy atom. The predicted octanol–water partition coefficient (Wildman–Crippen LogP) is 3.82. The Morgan fingerprint density at radius 1 is 1.07 bits per heavy atom. The van der Waals surface area contributed by atoms with Crippen LogP contribution in [0.4, 0.5) is 0 Å². The molecule has 2 rings (SSSR count). The van der Waals surface area contributed by atoms with Crippen molar-refractivity contribution < 1.29 is 13.2 Å². The quantitative estimate of drug-likeness (QED) is 0.664. The molecule has 0 radical (unpaired) electrons. The summed E-state index contributed by atoms with van der Waals surface area (Å²) in [5.41, 5.74) is 1.28. The van der Waals surface area contributed by atoms with Crippen molar-refractivity contribution in [1.82, 2.24) is 9.62 Å². The zero-order valence-electron chi connectivity index (χ0n) is 16.2. The van der Waals surface area contributed by atoms with Gasteiger partial charge in [-0.25, -0.2) is 8.42 Å². The summed E-state index contributed by atoms with van der Waals surface area (Å²) in [5.74, 6) is -0.250. The van der Waals surface area contributed by atoms with Crippen molar-refractivity contribution in [3.63, 3.8) is 0 Å². The molecule has 6 heteroatoms. The number of unbranched alkanes of at least 4 members (excludes halogenated alkanes) is 1. The maximum atomic E-state index is 13.2. The second-order valence-electron chi connectivity index (χ2n) is 6.77. The molecule has 5 nitrogen and oxygen atoms in total. The third-order valence-corrected chi connectivity index (χ3v) is 6.29. The van der Waals surface area contributed by atoms with Crippen molar-refractivity contribution in [3.05, 3.63) is 65.7 Å². The van der Waals surface area contributed by atoms with Gasteiger partial charge in [-0.05, 0) is 44.0 Å². The van der Waals surface area contributed by atoms with Crippen LogP contribution in [0.3, 0.4) is 0 Å². The summed E-state index contributed by atoms with van der Waals surface area (Å²) in [6.45, 7) is 6.61. The summed E-state index contributed by atoms with van der Waals surface area (Å²) in [7, 11) is -3.73. The highest BCUT2D eigenvalue weighted by Gasteiger charge is 2.27. The van der Waals surface area contributed by atoms with Crippen LogP contribution < -0.4 is 5.32 Å². The summed E-state index contributed by atoms with van der Waals surface area (Å²) < 4.78 is 27.9. The average Bonchev–Trinajstić information content (AvgIpc) is 2.66. The highest BCUT2D eigenvalue weighted by molar-refractivity contribution is 7.89. The molecule has 0 fully saturated rings. The number of amides is 1. The number of hydrogen-bond donors (Lipinski definition) is 1. The SMILES string of the molecule is CCCCNC(=O)c1cccc(S(=O)(=O)N(Cc2ccccc2)C(C)C)c1. The zero-order valence-corrected chi connectivity index (χ0v) is 17.0. The van der Waals surface area contributed by atoms with Gasteiger partial charge < -0.3 is 5.32 Å². The van der Waals surface area contributed by atoms with E-state index in [0.717, 1.165) is 18.4 Å². The van der Waals surface area contributed by atoms with Crippen molar-refractivity contribution in [2.75, 3.05) is 6.54 Å². The van der Waals surface area contributed by atoms with Gasteiger partial charge in [0, 0.05) is 24.7 Å². The largest absolute Gasteiger partial charge is 0.352 e. The number of carbonyl (C=O) groups excluding carboxylic acids is 1. The van der Waals surface area contributed by atoms with Crippen LogP contribution in [-0.4, -0.2) is 31.2 Å². The smallest absolute Gasteiger partial charge is 0.251 e. The zero-order chi connectivity index (χ0) is 19.9. The Morgan fingerprint density at radius 2 is 1.78 bits per heavy atom. The number of hydrogen-bond acceptors (Lipinski definition) is 3. The molecule has 2 aromatic carbocycles. The molecule has 0 atom stereocenters. The van der Waals surface area contributed by atoms with E-state index >= 15 is 0 Å². The lowest BCUT2D eigenvalue weighted by Crippen LogP contribution is -2.36. The topological polar surface area (TPSA) is 66.5 Å². The number of benzene rings is 2. The van der Waals surface area contributed by atoms with Gasteiger partial charge >= 0.3 is 0 Å². The molecule has 1 amide bonds. The van der Waals surface area contributed by atoms with Gasteiger partial charge in [0.25, 0.3) is 5.91 Å².